The summed E-state index contributed by atoms with van der Waals surface area (Å²) in [6.07, 6.45) is -0.719. The van der Waals surface area contributed by atoms with Crippen LogP contribution in [0.3, 0.4) is 0 Å². The van der Waals surface area contributed by atoms with Gasteiger partial charge in [0.2, 0.25) is 6.79 Å². The molecule has 1 heterocycles. The molecule has 3 aromatic rings. The maximum Gasteiger partial charge on any atom is 0.279 e. The van der Waals surface area contributed by atoms with Crippen LogP contribution in [0.1, 0.15) is 6.92 Å². The number of anilines is 1. The first-order valence-electron chi connectivity index (χ1n) is 9.67. The van der Waals surface area contributed by atoms with Crippen molar-refractivity contribution in [2.45, 2.75) is 13.0 Å². The summed E-state index contributed by atoms with van der Waals surface area (Å²) in [4.78, 5) is 12.3. The summed E-state index contributed by atoms with van der Waals surface area (Å²) in [5, 5.41) is 3.19. The first-order chi connectivity index (χ1) is 15.1. The van der Waals surface area contributed by atoms with Crippen LogP contribution in [0.15, 0.2) is 72.8 Å². The molecule has 7 nitrogen and oxygen atoms in total. The molecule has 3 N–H and O–H groups in total. The minimum Gasteiger partial charge on any atom is -0.481 e. The normalized spacial score (nSPS) is 12.5. The van der Waals surface area contributed by atoms with Crippen LogP contribution >= 0.6 is 12.2 Å². The number of rotatable bonds is 5. The highest BCUT2D eigenvalue weighted by Crippen LogP contribution is 2.34. The molecule has 0 aromatic heterocycles. The molecule has 0 spiro atoms. The highest BCUT2D eigenvalue weighted by Gasteiger charge is 2.16. The van der Waals surface area contributed by atoms with Gasteiger partial charge in [-0.3, -0.25) is 15.6 Å². The van der Waals surface area contributed by atoms with Crippen molar-refractivity contribution in [2.75, 3.05) is 12.1 Å². The molecule has 1 aliphatic heterocycles. The number of thiocarbonyl (C=S) groups is 1. The van der Waals surface area contributed by atoms with Gasteiger partial charge >= 0.3 is 0 Å². The van der Waals surface area contributed by atoms with E-state index < -0.39 is 6.10 Å². The van der Waals surface area contributed by atoms with Gasteiger partial charge in [-0.1, -0.05) is 42.5 Å². The van der Waals surface area contributed by atoms with E-state index in [-0.39, 0.29) is 17.8 Å². The minimum atomic E-state index is -0.719. The number of hydrazine groups is 1. The number of ether oxygens (including phenoxy) is 3. The van der Waals surface area contributed by atoms with Crippen molar-refractivity contribution in [3.05, 3.63) is 72.8 Å². The Morgan fingerprint density at radius 2 is 1.65 bits per heavy atom. The molecule has 1 aliphatic rings. The van der Waals surface area contributed by atoms with E-state index >= 15 is 0 Å². The average molecular weight is 436 g/mol. The summed E-state index contributed by atoms with van der Waals surface area (Å²) in [7, 11) is 0. The molecule has 0 radical (unpaired) electrons. The molecule has 0 bridgehead atoms. The zero-order valence-electron chi connectivity index (χ0n) is 16.8. The van der Waals surface area contributed by atoms with Crippen molar-refractivity contribution >= 4 is 28.9 Å². The van der Waals surface area contributed by atoms with E-state index in [4.69, 9.17) is 26.4 Å². The first-order valence-corrected chi connectivity index (χ1v) is 10.1. The van der Waals surface area contributed by atoms with Crippen molar-refractivity contribution in [2.24, 2.45) is 0 Å². The zero-order valence-corrected chi connectivity index (χ0v) is 17.6. The number of carbonyl (C=O) groups excluding carboxylic acids is 1. The smallest absolute Gasteiger partial charge is 0.279 e. The first kappa shape index (κ1) is 20.5. The van der Waals surface area contributed by atoms with Crippen LogP contribution in [0.25, 0.3) is 11.1 Å². The quantitative estimate of drug-likeness (QED) is 0.415. The van der Waals surface area contributed by atoms with Crippen LogP contribution in [0.2, 0.25) is 0 Å². The Balaban J connectivity index is 1.25. The lowest BCUT2D eigenvalue weighted by atomic mass is 10.1. The van der Waals surface area contributed by atoms with E-state index in [1.807, 2.05) is 54.6 Å². The predicted octanol–water partition coefficient (Wildman–Crippen LogP) is 3.87. The van der Waals surface area contributed by atoms with Gasteiger partial charge < -0.3 is 19.5 Å². The number of hydrogen-bond acceptors (Lipinski definition) is 5. The molecule has 4 rings (SSSR count). The van der Waals surface area contributed by atoms with Gasteiger partial charge in [-0.2, -0.15) is 0 Å². The molecule has 0 saturated heterocycles. The summed E-state index contributed by atoms with van der Waals surface area (Å²) in [5.41, 5.74) is 8.10. The fourth-order valence-electron chi connectivity index (χ4n) is 2.97. The van der Waals surface area contributed by atoms with Crippen LogP contribution in [0.4, 0.5) is 5.69 Å². The molecule has 3 aromatic carbocycles. The lowest BCUT2D eigenvalue weighted by Gasteiger charge is -2.17. The molecular weight excluding hydrogens is 414 g/mol. The number of fused-ring (bicyclic) bond motifs is 1. The highest BCUT2D eigenvalue weighted by atomic mass is 32.1. The van der Waals surface area contributed by atoms with Gasteiger partial charge in [-0.25, -0.2) is 0 Å². The van der Waals surface area contributed by atoms with Gasteiger partial charge in [-0.15, -0.1) is 0 Å². The van der Waals surface area contributed by atoms with Crippen molar-refractivity contribution in [1.29, 1.82) is 0 Å². The largest absolute Gasteiger partial charge is 0.481 e. The van der Waals surface area contributed by atoms with E-state index in [1.54, 1.807) is 25.1 Å². The van der Waals surface area contributed by atoms with Gasteiger partial charge in [0.15, 0.2) is 22.7 Å². The second kappa shape index (κ2) is 9.36. The third kappa shape index (κ3) is 5.23. The summed E-state index contributed by atoms with van der Waals surface area (Å²) < 4.78 is 16.3. The number of amides is 1. The molecule has 1 atom stereocenters. The standard InChI is InChI=1S/C23H21N3O4S/c1-15(30-19-10-7-17(8-11-19)16-5-3-2-4-6-16)22(27)25-26-23(31)24-18-9-12-20-21(13-18)29-14-28-20/h2-13,15H,14H2,1H3,(H,25,27)(H2,24,26,31)/t15-/m1/s1. The molecule has 0 aliphatic carbocycles. The van der Waals surface area contributed by atoms with Gasteiger partial charge in [0, 0.05) is 11.8 Å². The molecule has 0 fully saturated rings. The fraction of sp³-hybridized carbons (Fsp3) is 0.130. The van der Waals surface area contributed by atoms with Crippen molar-refractivity contribution in [3.8, 4) is 28.4 Å². The van der Waals surface area contributed by atoms with Crippen molar-refractivity contribution < 1.29 is 19.0 Å². The van der Waals surface area contributed by atoms with E-state index in [0.29, 0.717) is 22.9 Å². The molecular formula is C23H21N3O4S. The van der Waals surface area contributed by atoms with Gasteiger partial charge in [0.1, 0.15) is 5.75 Å². The number of nitrogens with one attached hydrogen (secondary N) is 3. The highest BCUT2D eigenvalue weighted by molar-refractivity contribution is 7.80. The molecule has 0 saturated carbocycles. The van der Waals surface area contributed by atoms with Crippen LogP contribution in [0, 0.1) is 0 Å². The molecule has 0 unspecified atom stereocenters. The number of hydrogen-bond donors (Lipinski definition) is 3. The van der Waals surface area contributed by atoms with E-state index in [2.05, 4.69) is 16.2 Å². The fourth-order valence-corrected chi connectivity index (χ4v) is 3.14. The maximum absolute atomic E-state index is 12.3. The van der Waals surface area contributed by atoms with Gasteiger partial charge in [0.05, 0.1) is 0 Å². The Morgan fingerprint density at radius 1 is 0.935 bits per heavy atom. The lowest BCUT2D eigenvalue weighted by molar-refractivity contribution is -0.127. The van der Waals surface area contributed by atoms with Crippen molar-refractivity contribution in [3.63, 3.8) is 0 Å². The Kier molecular flexibility index (Phi) is 6.18. The van der Waals surface area contributed by atoms with Gasteiger partial charge in [-0.05, 0) is 54.5 Å². The zero-order chi connectivity index (χ0) is 21.6. The third-order valence-electron chi connectivity index (χ3n) is 4.57. The van der Waals surface area contributed by atoms with Crippen LogP contribution in [-0.4, -0.2) is 23.9 Å². The van der Waals surface area contributed by atoms with Crippen LogP contribution in [0.5, 0.6) is 17.2 Å². The van der Waals surface area contributed by atoms with E-state index in [0.717, 1.165) is 11.1 Å². The Labute approximate surface area is 185 Å². The Bertz CT molecular complexity index is 1070. The van der Waals surface area contributed by atoms with Gasteiger partial charge in [0.25, 0.3) is 5.91 Å². The SMILES string of the molecule is C[C@@H](Oc1ccc(-c2ccccc2)cc1)C(=O)NNC(=S)Nc1ccc2c(c1)OCO2. The average Bonchev–Trinajstić information content (AvgIpc) is 3.26. The van der Waals surface area contributed by atoms with Crippen molar-refractivity contribution in [1.82, 2.24) is 10.9 Å². The summed E-state index contributed by atoms with van der Waals surface area (Å²) in [6.45, 7) is 1.86. The Morgan fingerprint density at radius 3 is 2.42 bits per heavy atom. The summed E-state index contributed by atoms with van der Waals surface area (Å²) >= 11 is 5.21. The topological polar surface area (TPSA) is 80.9 Å². The Hall–Kier alpha value is -3.78. The van der Waals surface area contributed by atoms with Crippen LogP contribution in [-0.2, 0) is 4.79 Å². The third-order valence-corrected chi connectivity index (χ3v) is 4.78. The molecule has 8 heteroatoms. The molecule has 158 valence electrons. The predicted molar refractivity (Wildman–Crippen MR) is 122 cm³/mol. The minimum absolute atomic E-state index is 0.199. The van der Waals surface area contributed by atoms with E-state index in [1.165, 1.54) is 0 Å². The summed E-state index contributed by atoms with van der Waals surface area (Å²) in [5.74, 6) is 1.56. The molecule has 1 amide bonds. The number of carbonyl (C=O) groups is 1. The maximum atomic E-state index is 12.3. The summed E-state index contributed by atoms with van der Waals surface area (Å²) in [6, 6.07) is 23.0. The second-order valence-electron chi connectivity index (χ2n) is 6.79. The second-order valence-corrected chi connectivity index (χ2v) is 7.20. The molecule has 31 heavy (non-hydrogen) atoms. The van der Waals surface area contributed by atoms with Crippen LogP contribution < -0.4 is 30.4 Å². The van der Waals surface area contributed by atoms with E-state index in [9.17, 15) is 4.79 Å². The number of benzene rings is 3. The lowest BCUT2D eigenvalue weighted by Crippen LogP contribution is -2.48. The monoisotopic (exact) mass is 435 g/mol.